The summed E-state index contributed by atoms with van der Waals surface area (Å²) in [6.07, 6.45) is 3.69. The van der Waals surface area contributed by atoms with Gasteiger partial charge in [-0.15, -0.1) is 0 Å². The van der Waals surface area contributed by atoms with E-state index in [0.29, 0.717) is 11.7 Å². The number of amides is 1. The Balaban J connectivity index is 2.12. The Morgan fingerprint density at radius 2 is 2.47 bits per heavy atom. The molecular weight excluding hydrogens is 214 g/mol. The van der Waals surface area contributed by atoms with Crippen molar-refractivity contribution in [3.8, 4) is 0 Å². The lowest BCUT2D eigenvalue weighted by molar-refractivity contribution is 0.0686. The minimum atomic E-state index is 0.0566. The minimum Gasteiger partial charge on any atom is -0.333 e. The molecule has 1 aromatic heterocycles. The quantitative estimate of drug-likeness (QED) is 0.852. The summed E-state index contributed by atoms with van der Waals surface area (Å²) in [6, 6.07) is 5.80. The van der Waals surface area contributed by atoms with Gasteiger partial charge in [0, 0.05) is 25.3 Å². The first-order valence-corrected chi connectivity index (χ1v) is 6.25. The van der Waals surface area contributed by atoms with E-state index in [1.807, 2.05) is 17.0 Å². The van der Waals surface area contributed by atoms with Crippen molar-refractivity contribution in [1.82, 2.24) is 15.2 Å². The normalized spacial score (nSPS) is 19.2. The third-order valence-electron chi connectivity index (χ3n) is 3.08. The molecule has 1 fully saturated rings. The number of carbonyl (C=O) groups is 1. The fourth-order valence-electron chi connectivity index (χ4n) is 2.23. The Kier molecular flexibility index (Phi) is 4.09. The van der Waals surface area contributed by atoms with Gasteiger partial charge >= 0.3 is 0 Å². The molecule has 0 radical (unpaired) electrons. The topological polar surface area (TPSA) is 45.2 Å². The molecule has 4 nitrogen and oxygen atoms in total. The van der Waals surface area contributed by atoms with Crippen LogP contribution in [0.1, 0.15) is 30.3 Å². The van der Waals surface area contributed by atoms with Crippen LogP contribution < -0.4 is 5.32 Å². The summed E-state index contributed by atoms with van der Waals surface area (Å²) in [5, 5.41) is 3.30. The van der Waals surface area contributed by atoms with Crippen LogP contribution in [0.4, 0.5) is 0 Å². The predicted molar refractivity (Wildman–Crippen MR) is 66.8 cm³/mol. The SMILES string of the molecule is CCCN(C(=O)c1ccccn1)C1CCNC1. The molecule has 1 amide bonds. The molecule has 0 aliphatic carbocycles. The van der Waals surface area contributed by atoms with E-state index in [0.717, 1.165) is 32.5 Å². The summed E-state index contributed by atoms with van der Waals surface area (Å²) < 4.78 is 0. The van der Waals surface area contributed by atoms with E-state index in [1.165, 1.54) is 0 Å². The lowest BCUT2D eigenvalue weighted by Crippen LogP contribution is -2.42. The summed E-state index contributed by atoms with van der Waals surface area (Å²) in [4.78, 5) is 18.5. The van der Waals surface area contributed by atoms with Crippen molar-refractivity contribution < 1.29 is 4.79 Å². The lowest BCUT2D eigenvalue weighted by Gasteiger charge is -2.27. The molecule has 92 valence electrons. The second-order valence-electron chi connectivity index (χ2n) is 4.36. The second-order valence-corrected chi connectivity index (χ2v) is 4.36. The molecule has 0 spiro atoms. The highest BCUT2D eigenvalue weighted by atomic mass is 16.2. The predicted octanol–water partition coefficient (Wildman–Crippen LogP) is 1.30. The Morgan fingerprint density at radius 3 is 3.06 bits per heavy atom. The minimum absolute atomic E-state index is 0.0566. The summed E-state index contributed by atoms with van der Waals surface area (Å²) in [7, 11) is 0. The fourth-order valence-corrected chi connectivity index (χ4v) is 2.23. The third-order valence-corrected chi connectivity index (χ3v) is 3.08. The Hall–Kier alpha value is -1.42. The molecule has 1 atom stereocenters. The molecule has 0 bridgehead atoms. The standard InChI is InChI=1S/C13H19N3O/c1-2-9-16(11-6-8-14-10-11)13(17)12-5-3-4-7-15-12/h3-5,7,11,14H,2,6,8-10H2,1H3. The van der Waals surface area contributed by atoms with E-state index in [2.05, 4.69) is 17.2 Å². The highest BCUT2D eigenvalue weighted by Gasteiger charge is 2.26. The number of pyridine rings is 1. The zero-order valence-electron chi connectivity index (χ0n) is 10.2. The van der Waals surface area contributed by atoms with Crippen molar-refractivity contribution in [1.29, 1.82) is 0 Å². The van der Waals surface area contributed by atoms with Crippen LogP contribution in [0, 0.1) is 0 Å². The lowest BCUT2D eigenvalue weighted by atomic mass is 10.2. The van der Waals surface area contributed by atoms with Crippen LogP contribution in [0.2, 0.25) is 0 Å². The van der Waals surface area contributed by atoms with Crippen molar-refractivity contribution in [3.63, 3.8) is 0 Å². The van der Waals surface area contributed by atoms with E-state index >= 15 is 0 Å². The summed E-state index contributed by atoms with van der Waals surface area (Å²) in [5.41, 5.74) is 0.549. The monoisotopic (exact) mass is 233 g/mol. The van der Waals surface area contributed by atoms with Crippen molar-refractivity contribution >= 4 is 5.91 Å². The average molecular weight is 233 g/mol. The van der Waals surface area contributed by atoms with Crippen molar-refractivity contribution in [2.45, 2.75) is 25.8 Å². The molecule has 0 saturated carbocycles. The molecule has 1 aliphatic heterocycles. The maximum absolute atomic E-state index is 12.4. The fraction of sp³-hybridized carbons (Fsp3) is 0.538. The summed E-state index contributed by atoms with van der Waals surface area (Å²) >= 11 is 0. The molecule has 2 heterocycles. The van der Waals surface area contributed by atoms with E-state index < -0.39 is 0 Å². The Bertz CT molecular complexity index is 360. The highest BCUT2D eigenvalue weighted by Crippen LogP contribution is 2.12. The van der Waals surface area contributed by atoms with Crippen LogP contribution in [0.5, 0.6) is 0 Å². The number of nitrogens with zero attached hydrogens (tertiary/aromatic N) is 2. The number of hydrogen-bond donors (Lipinski definition) is 1. The first-order chi connectivity index (χ1) is 8.33. The van der Waals surface area contributed by atoms with Gasteiger partial charge in [0.25, 0.3) is 5.91 Å². The average Bonchev–Trinajstić information content (AvgIpc) is 2.90. The zero-order chi connectivity index (χ0) is 12.1. The summed E-state index contributed by atoms with van der Waals surface area (Å²) in [5.74, 6) is 0.0566. The molecule has 17 heavy (non-hydrogen) atoms. The van der Waals surface area contributed by atoms with Crippen LogP contribution in [0.15, 0.2) is 24.4 Å². The Morgan fingerprint density at radius 1 is 1.59 bits per heavy atom. The van der Waals surface area contributed by atoms with Gasteiger partial charge in [-0.05, 0) is 31.5 Å². The van der Waals surface area contributed by atoms with Gasteiger partial charge < -0.3 is 10.2 Å². The van der Waals surface area contributed by atoms with Crippen LogP contribution in [0.25, 0.3) is 0 Å². The van der Waals surface area contributed by atoms with E-state index in [9.17, 15) is 4.79 Å². The third kappa shape index (κ3) is 2.82. The van der Waals surface area contributed by atoms with E-state index in [4.69, 9.17) is 0 Å². The van der Waals surface area contributed by atoms with Gasteiger partial charge in [0.1, 0.15) is 5.69 Å². The first-order valence-electron chi connectivity index (χ1n) is 6.25. The van der Waals surface area contributed by atoms with Crippen molar-refractivity contribution in [3.05, 3.63) is 30.1 Å². The molecule has 4 heteroatoms. The Labute approximate surface area is 102 Å². The maximum Gasteiger partial charge on any atom is 0.272 e. The van der Waals surface area contributed by atoms with Gasteiger partial charge in [0.15, 0.2) is 0 Å². The van der Waals surface area contributed by atoms with E-state index in [1.54, 1.807) is 12.3 Å². The van der Waals surface area contributed by atoms with Gasteiger partial charge in [0.2, 0.25) is 0 Å². The van der Waals surface area contributed by atoms with Crippen LogP contribution >= 0.6 is 0 Å². The molecule has 1 unspecified atom stereocenters. The molecule has 2 rings (SSSR count). The number of nitrogens with one attached hydrogen (secondary N) is 1. The van der Waals surface area contributed by atoms with Gasteiger partial charge in [-0.25, -0.2) is 0 Å². The molecule has 1 aromatic rings. The molecule has 1 N–H and O–H groups in total. The van der Waals surface area contributed by atoms with Gasteiger partial charge in [-0.2, -0.15) is 0 Å². The number of aromatic nitrogens is 1. The maximum atomic E-state index is 12.4. The van der Waals surface area contributed by atoms with Gasteiger partial charge in [-0.3, -0.25) is 9.78 Å². The molecule has 1 saturated heterocycles. The number of carbonyl (C=O) groups excluding carboxylic acids is 1. The van der Waals surface area contributed by atoms with Crippen molar-refractivity contribution in [2.75, 3.05) is 19.6 Å². The van der Waals surface area contributed by atoms with Gasteiger partial charge in [-0.1, -0.05) is 13.0 Å². The van der Waals surface area contributed by atoms with Crippen LogP contribution in [-0.4, -0.2) is 41.5 Å². The van der Waals surface area contributed by atoms with Crippen LogP contribution in [0.3, 0.4) is 0 Å². The number of rotatable bonds is 4. The highest BCUT2D eigenvalue weighted by molar-refractivity contribution is 5.92. The van der Waals surface area contributed by atoms with E-state index in [-0.39, 0.29) is 5.91 Å². The molecule has 1 aliphatic rings. The molecular formula is C13H19N3O. The van der Waals surface area contributed by atoms with Gasteiger partial charge in [0.05, 0.1) is 0 Å². The second kappa shape index (κ2) is 5.77. The zero-order valence-corrected chi connectivity index (χ0v) is 10.2. The smallest absolute Gasteiger partial charge is 0.272 e. The first kappa shape index (κ1) is 12.0. The van der Waals surface area contributed by atoms with Crippen molar-refractivity contribution in [2.24, 2.45) is 0 Å². The number of hydrogen-bond acceptors (Lipinski definition) is 3. The van der Waals surface area contributed by atoms with Crippen LogP contribution in [-0.2, 0) is 0 Å². The summed E-state index contributed by atoms with van der Waals surface area (Å²) in [6.45, 7) is 4.81. The largest absolute Gasteiger partial charge is 0.333 e. The molecule has 0 aromatic carbocycles.